The van der Waals surface area contributed by atoms with Crippen LogP contribution < -0.4 is 10.6 Å². The van der Waals surface area contributed by atoms with Gasteiger partial charge in [0.25, 0.3) is 0 Å². The number of carbonyl (C=O) groups is 2. The Labute approximate surface area is 107 Å². The molecule has 0 aromatic rings. The second-order valence-electron chi connectivity index (χ2n) is 6.14. The molecule has 5 heteroatoms. The Kier molecular flexibility index (Phi) is 3.61. The molecule has 0 aromatic heterocycles. The Morgan fingerprint density at radius 1 is 1.39 bits per heavy atom. The molecule has 2 rings (SSSR count). The summed E-state index contributed by atoms with van der Waals surface area (Å²) in [4.78, 5) is 23.3. The summed E-state index contributed by atoms with van der Waals surface area (Å²) in [5, 5.41) is 15.0. The minimum atomic E-state index is -0.917. The van der Waals surface area contributed by atoms with Gasteiger partial charge in [0.05, 0.1) is 6.04 Å². The van der Waals surface area contributed by atoms with Gasteiger partial charge in [-0.3, -0.25) is 4.79 Å². The first-order valence-electron chi connectivity index (χ1n) is 6.68. The maximum atomic E-state index is 12.2. The van der Waals surface area contributed by atoms with Crippen LogP contribution in [0.5, 0.6) is 0 Å². The van der Waals surface area contributed by atoms with E-state index in [0.29, 0.717) is 0 Å². The van der Waals surface area contributed by atoms with Gasteiger partial charge in [0.15, 0.2) is 0 Å². The highest BCUT2D eigenvalue weighted by Crippen LogP contribution is 2.34. The predicted octanol–water partition coefficient (Wildman–Crippen LogP) is 0.744. The Hall–Kier alpha value is -1.10. The van der Waals surface area contributed by atoms with Crippen LogP contribution in [0.4, 0.5) is 0 Å². The minimum Gasteiger partial charge on any atom is -0.480 e. The van der Waals surface area contributed by atoms with Crippen molar-refractivity contribution in [3.8, 4) is 0 Å². The molecule has 1 saturated carbocycles. The molecule has 2 fully saturated rings. The van der Waals surface area contributed by atoms with Gasteiger partial charge in [-0.15, -0.1) is 0 Å². The molecule has 18 heavy (non-hydrogen) atoms. The highest BCUT2D eigenvalue weighted by atomic mass is 16.4. The molecule has 102 valence electrons. The number of carboxylic acids is 1. The number of hydrogen-bond acceptors (Lipinski definition) is 3. The summed E-state index contributed by atoms with van der Waals surface area (Å²) in [6, 6.07) is -0.996. The summed E-state index contributed by atoms with van der Waals surface area (Å²) in [5.41, 5.74) is -0.116. The number of piperidine rings is 1. The molecular formula is C13H22N2O3. The van der Waals surface area contributed by atoms with Crippen LogP contribution in [0.2, 0.25) is 0 Å². The van der Waals surface area contributed by atoms with E-state index in [2.05, 4.69) is 24.5 Å². The Morgan fingerprint density at radius 2 is 2.06 bits per heavy atom. The Balaban J connectivity index is 1.99. The second kappa shape index (κ2) is 4.88. The summed E-state index contributed by atoms with van der Waals surface area (Å²) in [6.07, 6.45) is 3.85. The van der Waals surface area contributed by atoms with Crippen molar-refractivity contribution < 1.29 is 14.7 Å². The quantitative estimate of drug-likeness (QED) is 0.691. The number of amides is 1. The van der Waals surface area contributed by atoms with Gasteiger partial charge in [-0.25, -0.2) is 4.79 Å². The van der Waals surface area contributed by atoms with E-state index in [1.807, 2.05) is 0 Å². The van der Waals surface area contributed by atoms with Gasteiger partial charge in [-0.05, 0) is 43.6 Å². The molecule has 0 spiro atoms. The molecule has 0 aromatic carbocycles. The van der Waals surface area contributed by atoms with E-state index in [1.54, 1.807) is 0 Å². The van der Waals surface area contributed by atoms with Crippen LogP contribution >= 0.6 is 0 Å². The average molecular weight is 254 g/mol. The van der Waals surface area contributed by atoms with Gasteiger partial charge in [-0.1, -0.05) is 13.8 Å². The molecule has 1 saturated heterocycles. The average Bonchev–Trinajstić information content (AvgIpc) is 3.08. The number of carboxylic acid groups (broad SMARTS) is 1. The van der Waals surface area contributed by atoms with E-state index in [9.17, 15) is 9.59 Å². The second-order valence-corrected chi connectivity index (χ2v) is 6.14. The third kappa shape index (κ3) is 2.83. The summed E-state index contributed by atoms with van der Waals surface area (Å²) in [6.45, 7) is 4.93. The fourth-order valence-electron chi connectivity index (χ4n) is 2.71. The molecule has 0 radical (unpaired) electrons. The van der Waals surface area contributed by atoms with Crippen LogP contribution in [0, 0.1) is 11.3 Å². The van der Waals surface area contributed by atoms with Crippen molar-refractivity contribution in [3.05, 3.63) is 0 Å². The first-order chi connectivity index (χ1) is 8.42. The molecule has 1 amide bonds. The van der Waals surface area contributed by atoms with Gasteiger partial charge in [0.2, 0.25) is 5.91 Å². The smallest absolute Gasteiger partial charge is 0.326 e. The number of rotatable bonds is 4. The highest BCUT2D eigenvalue weighted by Gasteiger charge is 2.42. The minimum absolute atomic E-state index is 0.116. The van der Waals surface area contributed by atoms with Crippen molar-refractivity contribution >= 4 is 11.9 Å². The molecule has 5 nitrogen and oxygen atoms in total. The van der Waals surface area contributed by atoms with Gasteiger partial charge in [-0.2, -0.15) is 0 Å². The zero-order valence-electron chi connectivity index (χ0n) is 11.0. The van der Waals surface area contributed by atoms with Crippen molar-refractivity contribution in [3.63, 3.8) is 0 Å². The first kappa shape index (κ1) is 13.3. The Bertz CT molecular complexity index is 350. The number of nitrogens with one attached hydrogen (secondary N) is 2. The maximum absolute atomic E-state index is 12.2. The summed E-state index contributed by atoms with van der Waals surface area (Å²) >= 11 is 0. The lowest BCUT2D eigenvalue weighted by Crippen LogP contribution is -2.58. The lowest BCUT2D eigenvalue weighted by Gasteiger charge is -2.38. The van der Waals surface area contributed by atoms with Crippen LogP contribution in [0.25, 0.3) is 0 Å². The van der Waals surface area contributed by atoms with Crippen LogP contribution in [0.3, 0.4) is 0 Å². The van der Waals surface area contributed by atoms with E-state index in [4.69, 9.17) is 5.11 Å². The maximum Gasteiger partial charge on any atom is 0.326 e. The highest BCUT2D eigenvalue weighted by molar-refractivity contribution is 5.88. The molecule has 2 atom stereocenters. The Morgan fingerprint density at radius 3 is 2.56 bits per heavy atom. The molecule has 1 aliphatic heterocycles. The molecule has 3 N–H and O–H groups in total. The molecule has 1 aliphatic carbocycles. The normalized spacial score (nSPS) is 28.4. The van der Waals surface area contributed by atoms with Gasteiger partial charge in [0.1, 0.15) is 6.04 Å². The van der Waals surface area contributed by atoms with E-state index in [0.717, 1.165) is 32.2 Å². The zero-order chi connectivity index (χ0) is 13.3. The van der Waals surface area contributed by atoms with E-state index in [-0.39, 0.29) is 23.3 Å². The van der Waals surface area contributed by atoms with Gasteiger partial charge >= 0.3 is 5.97 Å². The third-order valence-corrected chi connectivity index (χ3v) is 4.05. The number of aliphatic carboxylic acids is 1. The zero-order valence-corrected chi connectivity index (χ0v) is 11.0. The SMILES string of the molecule is CC1(C)CCCNC1C(=O)NC(C(=O)O)C1CC1. The van der Waals surface area contributed by atoms with E-state index >= 15 is 0 Å². The monoisotopic (exact) mass is 254 g/mol. The standard InChI is InChI=1S/C13H22N2O3/c1-13(2)6-3-7-14-10(13)11(16)15-9(12(17)18)8-4-5-8/h8-10,14H,3-7H2,1-2H3,(H,15,16)(H,17,18). The van der Waals surface area contributed by atoms with Crippen LogP contribution in [-0.2, 0) is 9.59 Å². The molecular weight excluding hydrogens is 232 g/mol. The van der Waals surface area contributed by atoms with E-state index in [1.165, 1.54) is 0 Å². The van der Waals surface area contributed by atoms with Crippen molar-refractivity contribution in [1.29, 1.82) is 0 Å². The van der Waals surface area contributed by atoms with Crippen molar-refractivity contribution in [2.24, 2.45) is 11.3 Å². The summed E-state index contributed by atoms with van der Waals surface area (Å²) in [5.74, 6) is -0.961. The predicted molar refractivity (Wildman–Crippen MR) is 67.1 cm³/mol. The van der Waals surface area contributed by atoms with Crippen molar-refractivity contribution in [2.45, 2.75) is 51.6 Å². The topological polar surface area (TPSA) is 78.4 Å². The number of hydrogen-bond donors (Lipinski definition) is 3. The molecule has 0 bridgehead atoms. The fourth-order valence-corrected chi connectivity index (χ4v) is 2.71. The molecule has 1 heterocycles. The van der Waals surface area contributed by atoms with E-state index < -0.39 is 12.0 Å². The third-order valence-electron chi connectivity index (χ3n) is 4.05. The first-order valence-corrected chi connectivity index (χ1v) is 6.68. The fraction of sp³-hybridized carbons (Fsp3) is 0.846. The van der Waals surface area contributed by atoms with Crippen molar-refractivity contribution in [2.75, 3.05) is 6.54 Å². The molecule has 2 aliphatic rings. The largest absolute Gasteiger partial charge is 0.480 e. The number of carbonyl (C=O) groups excluding carboxylic acids is 1. The summed E-state index contributed by atoms with van der Waals surface area (Å²) in [7, 11) is 0. The van der Waals surface area contributed by atoms with Crippen molar-refractivity contribution in [1.82, 2.24) is 10.6 Å². The summed E-state index contributed by atoms with van der Waals surface area (Å²) < 4.78 is 0. The van der Waals surface area contributed by atoms with Crippen LogP contribution in [0.1, 0.15) is 39.5 Å². The van der Waals surface area contributed by atoms with Gasteiger partial charge < -0.3 is 15.7 Å². The lowest BCUT2D eigenvalue weighted by atomic mass is 9.77. The molecule has 2 unspecified atom stereocenters. The van der Waals surface area contributed by atoms with Crippen LogP contribution in [0.15, 0.2) is 0 Å². The van der Waals surface area contributed by atoms with Gasteiger partial charge in [0, 0.05) is 0 Å². The lowest BCUT2D eigenvalue weighted by molar-refractivity contribution is -0.143. The van der Waals surface area contributed by atoms with Crippen LogP contribution in [-0.4, -0.2) is 35.6 Å².